The second kappa shape index (κ2) is 5.16. The molecule has 0 atom stereocenters. The summed E-state index contributed by atoms with van der Waals surface area (Å²) in [6, 6.07) is 16.9. The van der Waals surface area contributed by atoms with Crippen LogP contribution in [0.25, 0.3) is 0 Å². The van der Waals surface area contributed by atoms with Gasteiger partial charge in [-0.15, -0.1) is 0 Å². The third-order valence-corrected chi connectivity index (χ3v) is 3.80. The largest absolute Gasteiger partial charge is 0.261 e. The van der Waals surface area contributed by atoms with Crippen LogP contribution in [-0.2, 0) is 10.8 Å². The van der Waals surface area contributed by atoms with E-state index in [1.54, 1.807) is 0 Å². The minimum absolute atomic E-state index is 0.0700. The quantitative estimate of drug-likeness (QED) is 0.767. The SMILES string of the molecule is CC(C)(CC(C)(C)c1ccccn1)c1ccccc1. The zero-order valence-corrected chi connectivity index (χ0v) is 12.4. The highest BCUT2D eigenvalue weighted by Gasteiger charge is 2.32. The van der Waals surface area contributed by atoms with Gasteiger partial charge in [-0.3, -0.25) is 4.98 Å². The maximum Gasteiger partial charge on any atom is 0.0460 e. The first kappa shape index (κ1) is 13.8. The maximum absolute atomic E-state index is 4.53. The number of hydrogen-bond acceptors (Lipinski definition) is 1. The monoisotopic (exact) mass is 253 g/mol. The molecular weight excluding hydrogens is 230 g/mol. The first-order valence-corrected chi connectivity index (χ1v) is 6.89. The fourth-order valence-electron chi connectivity index (χ4n) is 2.95. The number of aromatic nitrogens is 1. The fourth-order valence-corrected chi connectivity index (χ4v) is 2.95. The van der Waals surface area contributed by atoms with E-state index in [0.717, 1.165) is 6.42 Å². The minimum atomic E-state index is 0.0700. The van der Waals surface area contributed by atoms with Crippen LogP contribution in [0.4, 0.5) is 0 Å². The van der Waals surface area contributed by atoms with Crippen LogP contribution in [0.1, 0.15) is 45.4 Å². The number of hydrogen-bond donors (Lipinski definition) is 0. The molecule has 0 unspecified atom stereocenters. The Labute approximate surface area is 116 Å². The number of pyridine rings is 1. The standard InChI is InChI=1S/C18H23N/c1-17(2,15-10-6-5-7-11-15)14-18(3,4)16-12-8-9-13-19-16/h5-13H,14H2,1-4H3. The van der Waals surface area contributed by atoms with Crippen LogP contribution in [0.15, 0.2) is 54.7 Å². The van der Waals surface area contributed by atoms with E-state index in [2.05, 4.69) is 75.1 Å². The molecule has 1 nitrogen and oxygen atoms in total. The molecule has 100 valence electrons. The Hall–Kier alpha value is -1.63. The molecule has 0 amide bonds. The lowest BCUT2D eigenvalue weighted by atomic mass is 9.70. The molecule has 0 N–H and O–H groups in total. The lowest BCUT2D eigenvalue weighted by molar-refractivity contribution is 0.342. The Morgan fingerprint density at radius 3 is 2.00 bits per heavy atom. The predicted octanol–water partition coefficient (Wildman–Crippen LogP) is 4.73. The van der Waals surface area contributed by atoms with Crippen molar-refractivity contribution >= 4 is 0 Å². The molecule has 0 saturated heterocycles. The van der Waals surface area contributed by atoms with E-state index >= 15 is 0 Å². The van der Waals surface area contributed by atoms with E-state index < -0.39 is 0 Å². The molecule has 0 aliphatic rings. The highest BCUT2D eigenvalue weighted by atomic mass is 14.7. The Balaban J connectivity index is 2.25. The van der Waals surface area contributed by atoms with Gasteiger partial charge in [-0.1, -0.05) is 64.1 Å². The molecule has 0 saturated carbocycles. The second-order valence-corrected chi connectivity index (χ2v) is 6.53. The van der Waals surface area contributed by atoms with Crippen molar-refractivity contribution in [3.05, 3.63) is 66.0 Å². The van der Waals surface area contributed by atoms with Gasteiger partial charge in [0, 0.05) is 17.3 Å². The van der Waals surface area contributed by atoms with Gasteiger partial charge >= 0.3 is 0 Å². The zero-order valence-electron chi connectivity index (χ0n) is 12.4. The maximum atomic E-state index is 4.53. The lowest BCUT2D eigenvalue weighted by Crippen LogP contribution is -2.30. The number of nitrogens with zero attached hydrogens (tertiary/aromatic N) is 1. The summed E-state index contributed by atoms with van der Waals surface area (Å²) in [7, 11) is 0. The van der Waals surface area contributed by atoms with Crippen molar-refractivity contribution < 1.29 is 0 Å². The molecule has 1 aromatic carbocycles. The summed E-state index contributed by atoms with van der Waals surface area (Å²) < 4.78 is 0. The van der Waals surface area contributed by atoms with Gasteiger partial charge in [0.05, 0.1) is 0 Å². The van der Waals surface area contributed by atoms with E-state index in [1.165, 1.54) is 11.3 Å². The molecule has 0 fully saturated rings. The molecular formula is C18H23N. The lowest BCUT2D eigenvalue weighted by Gasteiger charge is -2.35. The van der Waals surface area contributed by atoms with Crippen molar-refractivity contribution in [3.8, 4) is 0 Å². The van der Waals surface area contributed by atoms with Crippen molar-refractivity contribution in [2.45, 2.75) is 44.9 Å². The van der Waals surface area contributed by atoms with E-state index in [0.29, 0.717) is 0 Å². The molecule has 1 heterocycles. The number of rotatable bonds is 4. The molecule has 1 heteroatoms. The van der Waals surface area contributed by atoms with Crippen molar-refractivity contribution in [1.29, 1.82) is 0 Å². The summed E-state index contributed by atoms with van der Waals surface area (Å²) in [6.45, 7) is 9.18. The fraction of sp³-hybridized carbons (Fsp3) is 0.389. The van der Waals surface area contributed by atoms with Gasteiger partial charge in [-0.2, -0.15) is 0 Å². The van der Waals surface area contributed by atoms with Crippen LogP contribution in [-0.4, -0.2) is 4.98 Å². The molecule has 0 spiro atoms. The molecule has 2 aromatic rings. The van der Waals surface area contributed by atoms with Gasteiger partial charge in [0.25, 0.3) is 0 Å². The molecule has 0 aliphatic carbocycles. The molecule has 19 heavy (non-hydrogen) atoms. The summed E-state index contributed by atoms with van der Waals surface area (Å²) >= 11 is 0. The van der Waals surface area contributed by atoms with Gasteiger partial charge in [-0.05, 0) is 29.5 Å². The average Bonchev–Trinajstić information content (AvgIpc) is 2.40. The van der Waals surface area contributed by atoms with Crippen LogP contribution in [0.5, 0.6) is 0 Å². The van der Waals surface area contributed by atoms with E-state index in [4.69, 9.17) is 0 Å². The van der Waals surface area contributed by atoms with Crippen LogP contribution in [0.2, 0.25) is 0 Å². The van der Waals surface area contributed by atoms with Crippen LogP contribution in [0.3, 0.4) is 0 Å². The average molecular weight is 253 g/mol. The highest BCUT2D eigenvalue weighted by molar-refractivity contribution is 5.26. The highest BCUT2D eigenvalue weighted by Crippen LogP contribution is 2.37. The predicted molar refractivity (Wildman–Crippen MR) is 81.3 cm³/mol. The molecule has 1 aromatic heterocycles. The Morgan fingerprint density at radius 2 is 1.42 bits per heavy atom. The first-order valence-electron chi connectivity index (χ1n) is 6.89. The van der Waals surface area contributed by atoms with Crippen molar-refractivity contribution in [1.82, 2.24) is 4.98 Å². The van der Waals surface area contributed by atoms with Gasteiger partial charge < -0.3 is 0 Å². The first-order chi connectivity index (χ1) is 8.92. The third-order valence-electron chi connectivity index (χ3n) is 3.80. The van der Waals surface area contributed by atoms with Crippen LogP contribution >= 0.6 is 0 Å². The van der Waals surface area contributed by atoms with E-state index in [9.17, 15) is 0 Å². The second-order valence-electron chi connectivity index (χ2n) is 6.53. The van der Waals surface area contributed by atoms with Gasteiger partial charge in [0.2, 0.25) is 0 Å². The van der Waals surface area contributed by atoms with Crippen molar-refractivity contribution in [3.63, 3.8) is 0 Å². The van der Waals surface area contributed by atoms with E-state index in [1.807, 2.05) is 12.3 Å². The summed E-state index contributed by atoms with van der Waals surface area (Å²) in [6.07, 6.45) is 2.95. The zero-order chi connectivity index (χ0) is 13.9. The summed E-state index contributed by atoms with van der Waals surface area (Å²) in [5.41, 5.74) is 2.76. The Morgan fingerprint density at radius 1 is 0.789 bits per heavy atom. The smallest absolute Gasteiger partial charge is 0.0460 e. The van der Waals surface area contributed by atoms with Gasteiger partial charge in [-0.25, -0.2) is 0 Å². The normalized spacial score (nSPS) is 12.4. The van der Waals surface area contributed by atoms with Gasteiger partial charge in [0.1, 0.15) is 0 Å². The van der Waals surface area contributed by atoms with Crippen molar-refractivity contribution in [2.24, 2.45) is 0 Å². The van der Waals surface area contributed by atoms with E-state index in [-0.39, 0.29) is 10.8 Å². The van der Waals surface area contributed by atoms with Crippen molar-refractivity contribution in [2.75, 3.05) is 0 Å². The summed E-state index contributed by atoms with van der Waals surface area (Å²) in [5, 5.41) is 0. The van der Waals surface area contributed by atoms with Gasteiger partial charge in [0.15, 0.2) is 0 Å². The topological polar surface area (TPSA) is 12.9 Å². The minimum Gasteiger partial charge on any atom is -0.261 e. The third kappa shape index (κ3) is 3.23. The molecule has 2 rings (SSSR count). The summed E-state index contributed by atoms with van der Waals surface area (Å²) in [5.74, 6) is 0. The molecule has 0 aliphatic heterocycles. The Bertz CT molecular complexity index is 462. The van der Waals surface area contributed by atoms with Crippen LogP contribution < -0.4 is 0 Å². The number of benzene rings is 1. The Kier molecular flexibility index (Phi) is 3.75. The molecule has 0 bridgehead atoms. The van der Waals surface area contributed by atoms with Crippen LogP contribution in [0, 0.1) is 0 Å². The molecule has 0 radical (unpaired) electrons. The summed E-state index contributed by atoms with van der Waals surface area (Å²) in [4.78, 5) is 4.53.